The lowest BCUT2D eigenvalue weighted by Crippen LogP contribution is -2.42. The molecule has 0 aliphatic carbocycles. The molecular formula is C23H25NO4. The molecule has 1 amide bonds. The summed E-state index contributed by atoms with van der Waals surface area (Å²) < 4.78 is 10.7. The van der Waals surface area contributed by atoms with Gasteiger partial charge in [-0.2, -0.15) is 0 Å². The zero-order valence-corrected chi connectivity index (χ0v) is 16.3. The topological polar surface area (TPSA) is 55.8 Å². The number of ether oxygens (including phenoxy) is 2. The number of carbonyl (C=O) groups is 2. The van der Waals surface area contributed by atoms with Crippen molar-refractivity contribution >= 4 is 18.0 Å². The maximum atomic E-state index is 12.6. The molecule has 5 nitrogen and oxygen atoms in total. The predicted molar refractivity (Wildman–Crippen MR) is 108 cm³/mol. The fourth-order valence-corrected chi connectivity index (χ4v) is 3.21. The molecule has 2 aromatic carbocycles. The Morgan fingerprint density at radius 2 is 1.82 bits per heavy atom. The standard InChI is InChI=1S/C23H25NO4/c1-3-27-21-11-8-18(9-12-21)10-13-22(25)28-17(2)23(26)24-15-14-19-6-4-5-7-20(19)16-24/h4-13,17H,3,14-16H2,1-2H3/b13-10+/t17-/m1/s1. The third kappa shape index (κ3) is 5.00. The minimum absolute atomic E-state index is 0.169. The Labute approximate surface area is 165 Å². The van der Waals surface area contributed by atoms with Crippen molar-refractivity contribution in [2.24, 2.45) is 0 Å². The Morgan fingerprint density at radius 3 is 2.54 bits per heavy atom. The van der Waals surface area contributed by atoms with Crippen LogP contribution in [0.2, 0.25) is 0 Å². The van der Waals surface area contributed by atoms with E-state index in [0.29, 0.717) is 19.7 Å². The quantitative estimate of drug-likeness (QED) is 0.568. The van der Waals surface area contributed by atoms with E-state index in [4.69, 9.17) is 9.47 Å². The van der Waals surface area contributed by atoms with Crippen molar-refractivity contribution in [3.8, 4) is 5.75 Å². The average Bonchev–Trinajstić information content (AvgIpc) is 2.72. The summed E-state index contributed by atoms with van der Waals surface area (Å²) in [6.45, 7) is 5.34. The van der Waals surface area contributed by atoms with Crippen LogP contribution in [0, 0.1) is 0 Å². The number of amides is 1. The van der Waals surface area contributed by atoms with E-state index in [9.17, 15) is 9.59 Å². The van der Waals surface area contributed by atoms with E-state index in [2.05, 4.69) is 6.07 Å². The van der Waals surface area contributed by atoms with E-state index in [1.165, 1.54) is 11.6 Å². The molecule has 1 aliphatic heterocycles. The molecule has 1 heterocycles. The third-order valence-electron chi connectivity index (χ3n) is 4.69. The Kier molecular flexibility index (Phi) is 6.48. The molecule has 0 fully saturated rings. The number of hydrogen-bond acceptors (Lipinski definition) is 4. The lowest BCUT2D eigenvalue weighted by atomic mass is 9.99. The van der Waals surface area contributed by atoms with E-state index >= 15 is 0 Å². The summed E-state index contributed by atoms with van der Waals surface area (Å²) in [5.41, 5.74) is 3.28. The first kappa shape index (κ1) is 19.7. The molecule has 0 saturated heterocycles. The maximum absolute atomic E-state index is 12.6. The van der Waals surface area contributed by atoms with Gasteiger partial charge in [-0.05, 0) is 55.2 Å². The molecule has 0 unspecified atom stereocenters. The highest BCUT2D eigenvalue weighted by Crippen LogP contribution is 2.19. The largest absolute Gasteiger partial charge is 0.494 e. The van der Waals surface area contributed by atoms with Gasteiger partial charge in [0, 0.05) is 19.2 Å². The van der Waals surface area contributed by atoms with Crippen molar-refractivity contribution in [3.63, 3.8) is 0 Å². The van der Waals surface area contributed by atoms with Gasteiger partial charge >= 0.3 is 5.97 Å². The molecule has 0 spiro atoms. The lowest BCUT2D eigenvalue weighted by Gasteiger charge is -2.30. The van der Waals surface area contributed by atoms with Crippen LogP contribution in [0.25, 0.3) is 6.08 Å². The monoisotopic (exact) mass is 379 g/mol. The molecule has 28 heavy (non-hydrogen) atoms. The van der Waals surface area contributed by atoms with Crippen LogP contribution in [0.15, 0.2) is 54.6 Å². The van der Waals surface area contributed by atoms with Crippen LogP contribution < -0.4 is 4.74 Å². The number of carbonyl (C=O) groups excluding carboxylic acids is 2. The molecule has 0 saturated carbocycles. The second kappa shape index (κ2) is 9.22. The number of fused-ring (bicyclic) bond motifs is 1. The summed E-state index contributed by atoms with van der Waals surface area (Å²) in [7, 11) is 0. The van der Waals surface area contributed by atoms with Gasteiger partial charge in [-0.3, -0.25) is 4.79 Å². The first-order chi connectivity index (χ1) is 13.6. The van der Waals surface area contributed by atoms with Crippen molar-refractivity contribution in [2.45, 2.75) is 32.9 Å². The summed E-state index contributed by atoms with van der Waals surface area (Å²) in [5, 5.41) is 0. The van der Waals surface area contributed by atoms with Gasteiger partial charge in [-0.1, -0.05) is 36.4 Å². The van der Waals surface area contributed by atoms with Gasteiger partial charge in [-0.25, -0.2) is 4.79 Å². The van der Waals surface area contributed by atoms with Gasteiger partial charge in [0.05, 0.1) is 6.61 Å². The van der Waals surface area contributed by atoms with Crippen LogP contribution >= 0.6 is 0 Å². The number of rotatable bonds is 6. The van der Waals surface area contributed by atoms with Crippen LogP contribution in [-0.2, 0) is 27.3 Å². The second-order valence-corrected chi connectivity index (χ2v) is 6.69. The number of hydrogen-bond donors (Lipinski definition) is 0. The van der Waals surface area contributed by atoms with E-state index in [1.807, 2.05) is 49.4 Å². The van der Waals surface area contributed by atoms with E-state index < -0.39 is 12.1 Å². The summed E-state index contributed by atoms with van der Waals surface area (Å²) in [6, 6.07) is 15.5. The summed E-state index contributed by atoms with van der Waals surface area (Å²) in [4.78, 5) is 26.5. The molecule has 3 rings (SSSR count). The third-order valence-corrected chi connectivity index (χ3v) is 4.69. The number of benzene rings is 2. The van der Waals surface area contributed by atoms with E-state index in [-0.39, 0.29) is 5.91 Å². The van der Waals surface area contributed by atoms with Gasteiger partial charge in [0.25, 0.3) is 5.91 Å². The van der Waals surface area contributed by atoms with Crippen LogP contribution in [0.4, 0.5) is 0 Å². The van der Waals surface area contributed by atoms with Gasteiger partial charge < -0.3 is 14.4 Å². The summed E-state index contributed by atoms with van der Waals surface area (Å²) in [5.74, 6) is 0.0778. The van der Waals surface area contributed by atoms with Crippen LogP contribution in [0.5, 0.6) is 5.75 Å². The average molecular weight is 379 g/mol. The second-order valence-electron chi connectivity index (χ2n) is 6.69. The normalized spacial score (nSPS) is 14.4. The first-order valence-electron chi connectivity index (χ1n) is 9.54. The molecule has 2 aromatic rings. The fraction of sp³-hybridized carbons (Fsp3) is 0.304. The molecular weight excluding hydrogens is 354 g/mol. The molecule has 0 N–H and O–H groups in total. The predicted octanol–water partition coefficient (Wildman–Crippen LogP) is 3.62. The Morgan fingerprint density at radius 1 is 1.11 bits per heavy atom. The van der Waals surface area contributed by atoms with Crippen molar-refractivity contribution in [3.05, 3.63) is 71.3 Å². The molecule has 0 radical (unpaired) electrons. The zero-order valence-electron chi connectivity index (χ0n) is 16.3. The minimum Gasteiger partial charge on any atom is -0.494 e. The molecule has 146 valence electrons. The highest BCUT2D eigenvalue weighted by atomic mass is 16.5. The molecule has 0 aromatic heterocycles. The Balaban J connectivity index is 1.53. The smallest absolute Gasteiger partial charge is 0.331 e. The van der Waals surface area contributed by atoms with E-state index in [1.54, 1.807) is 17.9 Å². The minimum atomic E-state index is -0.817. The van der Waals surface area contributed by atoms with Gasteiger partial charge in [-0.15, -0.1) is 0 Å². The Bertz CT molecular complexity index is 857. The van der Waals surface area contributed by atoms with Crippen LogP contribution in [-0.4, -0.2) is 36.0 Å². The molecule has 5 heteroatoms. The van der Waals surface area contributed by atoms with Crippen molar-refractivity contribution in [1.82, 2.24) is 4.90 Å². The van der Waals surface area contributed by atoms with Gasteiger partial charge in [0.15, 0.2) is 6.10 Å². The van der Waals surface area contributed by atoms with Gasteiger partial charge in [0.1, 0.15) is 5.75 Å². The van der Waals surface area contributed by atoms with Crippen molar-refractivity contribution in [2.75, 3.05) is 13.2 Å². The van der Waals surface area contributed by atoms with Gasteiger partial charge in [0.2, 0.25) is 0 Å². The molecule has 1 atom stereocenters. The molecule has 0 bridgehead atoms. The highest BCUT2D eigenvalue weighted by molar-refractivity contribution is 5.90. The van der Waals surface area contributed by atoms with Crippen molar-refractivity contribution < 1.29 is 19.1 Å². The number of nitrogens with zero attached hydrogens (tertiary/aromatic N) is 1. The SMILES string of the molecule is CCOc1ccc(/C=C/C(=O)O[C@H](C)C(=O)N2CCc3ccccc3C2)cc1. The first-order valence-corrected chi connectivity index (χ1v) is 9.54. The van der Waals surface area contributed by atoms with Crippen LogP contribution in [0.1, 0.15) is 30.5 Å². The highest BCUT2D eigenvalue weighted by Gasteiger charge is 2.26. The van der Waals surface area contributed by atoms with Crippen LogP contribution in [0.3, 0.4) is 0 Å². The zero-order chi connectivity index (χ0) is 19.9. The van der Waals surface area contributed by atoms with Crippen molar-refractivity contribution in [1.29, 1.82) is 0 Å². The lowest BCUT2D eigenvalue weighted by molar-refractivity contribution is -0.155. The maximum Gasteiger partial charge on any atom is 0.331 e. The molecule has 1 aliphatic rings. The summed E-state index contributed by atoms with van der Waals surface area (Å²) in [6.07, 6.45) is 3.00. The Hall–Kier alpha value is -3.08. The summed E-state index contributed by atoms with van der Waals surface area (Å²) >= 11 is 0. The number of esters is 1. The van der Waals surface area contributed by atoms with E-state index in [0.717, 1.165) is 23.3 Å². The fourth-order valence-electron chi connectivity index (χ4n) is 3.21.